The minimum atomic E-state index is -2.46. The number of methoxy groups -OCH3 is 18. The van der Waals surface area contributed by atoms with Crippen molar-refractivity contribution in [3.8, 4) is 103 Å². The Morgan fingerprint density at radius 1 is 0.219 bits per heavy atom. The summed E-state index contributed by atoms with van der Waals surface area (Å²) in [7, 11) is 23.3. The van der Waals surface area contributed by atoms with Crippen molar-refractivity contribution in [2.24, 2.45) is 0 Å². The maximum absolute atomic E-state index is 15.5. The molecular formula is C66H74O30. The number of hydrogen-bond donors (Lipinski definition) is 0. The minimum absolute atomic E-state index is 0.00272. The van der Waals surface area contributed by atoms with Crippen LogP contribution < -0.4 is 85.3 Å². The van der Waals surface area contributed by atoms with E-state index in [1.165, 1.54) is 201 Å². The molecule has 6 rings (SSSR count). The Hall–Kier alpha value is -11.5. The van der Waals surface area contributed by atoms with Crippen LogP contribution >= 0.6 is 0 Å². The molecule has 0 N–H and O–H groups in total. The fourth-order valence-electron chi connectivity index (χ4n) is 9.57. The number of carbonyl (C=O) groups is 6. The van der Waals surface area contributed by atoms with E-state index in [-0.39, 0.29) is 137 Å². The van der Waals surface area contributed by atoms with E-state index in [4.69, 9.17) is 114 Å². The Kier molecular flexibility index (Phi) is 26.4. The molecule has 0 heterocycles. The highest BCUT2D eigenvalue weighted by Crippen LogP contribution is 2.45. The van der Waals surface area contributed by atoms with Gasteiger partial charge in [0, 0.05) is 0 Å². The second kappa shape index (κ2) is 34.4. The van der Waals surface area contributed by atoms with Crippen molar-refractivity contribution in [1.29, 1.82) is 0 Å². The summed E-state index contributed by atoms with van der Waals surface area (Å²) in [4.78, 5) is 90.7. The van der Waals surface area contributed by atoms with Gasteiger partial charge in [-0.15, -0.1) is 0 Å². The summed E-state index contributed by atoms with van der Waals surface area (Å²) >= 11 is 0. The summed E-state index contributed by atoms with van der Waals surface area (Å²) in [6.45, 7) is -2.34. The van der Waals surface area contributed by atoms with Gasteiger partial charge in [-0.3, -0.25) is 0 Å². The molecule has 0 spiro atoms. The van der Waals surface area contributed by atoms with E-state index in [1.807, 2.05) is 0 Å². The molecular weight excluding hydrogens is 1270 g/mol. The van der Waals surface area contributed by atoms with E-state index in [9.17, 15) is 9.59 Å². The summed E-state index contributed by atoms with van der Waals surface area (Å²) in [5.74, 6) is -7.87. The zero-order valence-corrected chi connectivity index (χ0v) is 55.9. The maximum Gasteiger partial charge on any atom is 0.338 e. The van der Waals surface area contributed by atoms with Crippen molar-refractivity contribution in [1.82, 2.24) is 0 Å². The molecule has 6 aromatic carbocycles. The molecule has 6 aromatic rings. The summed E-state index contributed by atoms with van der Waals surface area (Å²) in [6, 6.07) is 14.5. The van der Waals surface area contributed by atoms with E-state index in [0.29, 0.717) is 0 Å². The largest absolute Gasteiger partial charge is 0.493 e. The van der Waals surface area contributed by atoms with Crippen LogP contribution in [-0.2, 0) is 28.4 Å². The van der Waals surface area contributed by atoms with Gasteiger partial charge in [0.1, 0.15) is 13.2 Å². The van der Waals surface area contributed by atoms with Gasteiger partial charge in [0.05, 0.1) is 161 Å². The Morgan fingerprint density at radius 2 is 0.365 bits per heavy atom. The summed E-state index contributed by atoms with van der Waals surface area (Å²) in [6.07, 6.45) is -9.48. The zero-order chi connectivity index (χ0) is 70.5. The van der Waals surface area contributed by atoms with Gasteiger partial charge in [0.15, 0.2) is 93.4 Å². The molecule has 0 saturated heterocycles. The zero-order valence-electron chi connectivity index (χ0n) is 55.9. The van der Waals surface area contributed by atoms with Crippen LogP contribution in [0.4, 0.5) is 0 Å². The van der Waals surface area contributed by atoms with Gasteiger partial charge in [-0.25, -0.2) is 28.8 Å². The highest BCUT2D eigenvalue weighted by atomic mass is 16.7. The standard InChI is InChI=1S/C66H74O30/c1-73-39-19-33(20-40(74-2)53(39)85-13)61(67)91-31-51(93-63(69)35-23-43(77-5)55(87-15)44(24-35)78-6)59(95-65(71)37-27-47(81-9)57(89-17)48(28-37)82-10)60(96-66(72)38-29-49(83-11)58(90-18)50(30-38)84-12)52(94-64(70)36-25-45(79-7)56(88-16)46(26-36)80-8)32-92-62(68)34-21-41(75-3)54(86-14)42(22-34)76-4/h19-30,51-52,59-60H,31-32H2,1-18H3/t51-,52+,59-,60-/m1/s1. The number of hydrogen-bond acceptors (Lipinski definition) is 30. The minimum Gasteiger partial charge on any atom is -0.493 e. The summed E-state index contributed by atoms with van der Waals surface area (Å²) in [5, 5.41) is 0. The second-order valence-corrected chi connectivity index (χ2v) is 19.3. The van der Waals surface area contributed by atoms with Crippen molar-refractivity contribution in [2.75, 3.05) is 141 Å². The van der Waals surface area contributed by atoms with Crippen molar-refractivity contribution in [3.05, 3.63) is 106 Å². The number of benzene rings is 6. The van der Waals surface area contributed by atoms with Gasteiger partial charge >= 0.3 is 35.8 Å². The molecule has 518 valence electrons. The molecule has 0 radical (unpaired) electrons. The fourth-order valence-corrected chi connectivity index (χ4v) is 9.57. The monoisotopic (exact) mass is 1350 g/mol. The number of carbonyl (C=O) groups excluding carboxylic acids is 6. The summed E-state index contributed by atoms with van der Waals surface area (Å²) < 4.78 is 137. The quantitative estimate of drug-likeness (QED) is 0.0271. The molecule has 30 heteroatoms. The van der Waals surface area contributed by atoms with E-state index < -0.39 is 73.4 Å². The van der Waals surface area contributed by atoms with Crippen molar-refractivity contribution in [2.45, 2.75) is 24.4 Å². The third-order valence-corrected chi connectivity index (χ3v) is 14.2. The first-order valence-electron chi connectivity index (χ1n) is 28.2. The lowest BCUT2D eigenvalue weighted by Crippen LogP contribution is -2.54. The van der Waals surface area contributed by atoms with Gasteiger partial charge in [0.25, 0.3) is 0 Å². The highest BCUT2D eigenvalue weighted by molar-refractivity contribution is 5.95. The molecule has 0 fully saturated rings. The predicted octanol–water partition coefficient (Wildman–Crippen LogP) is 7.76. The topological polar surface area (TPSA) is 324 Å². The van der Waals surface area contributed by atoms with Crippen LogP contribution in [0.15, 0.2) is 72.8 Å². The Labute approximate surface area is 551 Å². The van der Waals surface area contributed by atoms with E-state index in [2.05, 4.69) is 0 Å². The lowest BCUT2D eigenvalue weighted by Gasteiger charge is -2.36. The Bertz CT molecular complexity index is 3360. The van der Waals surface area contributed by atoms with Crippen LogP contribution in [0.25, 0.3) is 0 Å². The molecule has 0 saturated carbocycles. The van der Waals surface area contributed by atoms with Crippen LogP contribution in [0, 0.1) is 0 Å². The third-order valence-electron chi connectivity index (χ3n) is 14.2. The SMILES string of the molecule is COc1cc(C(=O)OC[C@H](OC(=O)c2cc(OC)c(OC)c(OC)c2)[C@@H](OC(=O)c2cc(OC)c(OC)c(OC)c2)[C@H](OC(=O)c2cc(OC)c(OC)c(OC)c2)[C@@H](COC(=O)c2cc(OC)c(OC)c(OC)c2)OC(=O)c2cc(OC)c(OC)c(OC)c2)cc(OC)c1OC. The molecule has 0 aliphatic heterocycles. The average Bonchev–Trinajstić information content (AvgIpc) is 0.838. The smallest absolute Gasteiger partial charge is 0.338 e. The molecule has 0 aliphatic rings. The number of rotatable bonds is 35. The average molecular weight is 1350 g/mol. The molecule has 96 heavy (non-hydrogen) atoms. The van der Waals surface area contributed by atoms with Crippen LogP contribution in [-0.4, -0.2) is 201 Å². The van der Waals surface area contributed by atoms with E-state index in [1.54, 1.807) is 0 Å². The van der Waals surface area contributed by atoms with Crippen molar-refractivity contribution in [3.63, 3.8) is 0 Å². The molecule has 0 aliphatic carbocycles. The van der Waals surface area contributed by atoms with Crippen molar-refractivity contribution < 1.29 is 142 Å². The van der Waals surface area contributed by atoms with Crippen molar-refractivity contribution >= 4 is 35.8 Å². The van der Waals surface area contributed by atoms with Gasteiger partial charge < -0.3 is 114 Å². The second-order valence-electron chi connectivity index (χ2n) is 19.3. The maximum atomic E-state index is 15.5. The van der Waals surface area contributed by atoms with E-state index in [0.717, 1.165) is 0 Å². The summed E-state index contributed by atoms with van der Waals surface area (Å²) in [5.41, 5.74) is -1.93. The van der Waals surface area contributed by atoms with Gasteiger partial charge in [-0.1, -0.05) is 0 Å². The fraction of sp³-hybridized carbons (Fsp3) is 0.364. The molecule has 4 atom stereocenters. The van der Waals surface area contributed by atoms with Gasteiger partial charge in [-0.2, -0.15) is 0 Å². The van der Waals surface area contributed by atoms with Gasteiger partial charge in [-0.05, 0) is 72.8 Å². The lowest BCUT2D eigenvalue weighted by atomic mass is 10.0. The predicted molar refractivity (Wildman–Crippen MR) is 334 cm³/mol. The molecule has 0 amide bonds. The van der Waals surface area contributed by atoms with Crippen LogP contribution in [0.2, 0.25) is 0 Å². The first kappa shape index (κ1) is 73.6. The molecule has 0 bridgehead atoms. The molecule has 30 nitrogen and oxygen atoms in total. The van der Waals surface area contributed by atoms with Gasteiger partial charge in [0.2, 0.25) is 34.5 Å². The molecule has 0 unspecified atom stereocenters. The third kappa shape index (κ3) is 16.5. The molecule has 0 aromatic heterocycles. The van der Waals surface area contributed by atoms with Crippen LogP contribution in [0.3, 0.4) is 0 Å². The van der Waals surface area contributed by atoms with E-state index >= 15 is 19.2 Å². The highest BCUT2D eigenvalue weighted by Gasteiger charge is 2.47. The normalized spacial score (nSPS) is 11.8. The number of ether oxygens (including phenoxy) is 24. The first-order valence-corrected chi connectivity index (χ1v) is 28.2. The lowest BCUT2D eigenvalue weighted by molar-refractivity contribution is -0.138. The number of esters is 6. The first-order chi connectivity index (χ1) is 46.2. The Balaban J connectivity index is 1.75. The van der Waals surface area contributed by atoms with Crippen LogP contribution in [0.5, 0.6) is 103 Å². The van der Waals surface area contributed by atoms with Crippen LogP contribution in [0.1, 0.15) is 62.1 Å². The Morgan fingerprint density at radius 3 is 0.510 bits per heavy atom.